The molecule has 2 atom stereocenters. The fourth-order valence-corrected chi connectivity index (χ4v) is 2.05. The van der Waals surface area contributed by atoms with Crippen LogP contribution in [0.3, 0.4) is 0 Å². The third kappa shape index (κ3) is 5.07. The van der Waals surface area contributed by atoms with Crippen molar-refractivity contribution in [3.8, 4) is 11.8 Å². The highest BCUT2D eigenvalue weighted by atomic mass is 16.5. The molecular weight excluding hydrogens is 244 g/mol. The maximum atomic E-state index is 5.94. The number of hydrogen-bond acceptors (Lipinski definition) is 1. The van der Waals surface area contributed by atoms with Crippen LogP contribution in [0, 0.1) is 11.8 Å². The van der Waals surface area contributed by atoms with Crippen LogP contribution in [0.25, 0.3) is 6.08 Å². The molecule has 1 heterocycles. The normalized spacial score (nSPS) is 21.6. The van der Waals surface area contributed by atoms with E-state index >= 15 is 0 Å². The molecule has 1 nitrogen and oxygen atoms in total. The Balaban J connectivity index is 1.87. The molecule has 0 N–H and O–H groups in total. The molecule has 20 heavy (non-hydrogen) atoms. The molecule has 1 heteroatoms. The Bertz CT molecular complexity index is 502. The first-order chi connectivity index (χ1) is 9.88. The molecule has 1 aromatic rings. The topological polar surface area (TPSA) is 9.23 Å². The molecule has 104 valence electrons. The number of rotatable bonds is 4. The zero-order valence-corrected chi connectivity index (χ0v) is 12.1. The highest BCUT2D eigenvalue weighted by molar-refractivity contribution is 5.49. The van der Waals surface area contributed by atoms with Crippen molar-refractivity contribution in [3.63, 3.8) is 0 Å². The molecule has 1 aromatic carbocycles. The van der Waals surface area contributed by atoms with Gasteiger partial charge in [0.05, 0.1) is 6.10 Å². The summed E-state index contributed by atoms with van der Waals surface area (Å²) in [6, 6.07) is 10.3. The minimum atomic E-state index is -0.0500. The van der Waals surface area contributed by atoms with Crippen molar-refractivity contribution in [1.82, 2.24) is 0 Å². The van der Waals surface area contributed by atoms with Gasteiger partial charge in [-0.1, -0.05) is 67.8 Å². The summed E-state index contributed by atoms with van der Waals surface area (Å²) in [4.78, 5) is 0. The Hall–Kier alpha value is -1.78. The molecule has 0 aromatic heterocycles. The summed E-state index contributed by atoms with van der Waals surface area (Å²) in [7, 11) is 0. The van der Waals surface area contributed by atoms with Gasteiger partial charge in [-0.2, -0.15) is 0 Å². The number of unbranched alkanes of at least 4 members (excludes halogenated alkanes) is 2. The Morgan fingerprint density at radius 3 is 2.95 bits per heavy atom. The van der Waals surface area contributed by atoms with Crippen LogP contribution < -0.4 is 0 Å². The van der Waals surface area contributed by atoms with Crippen molar-refractivity contribution in [2.45, 2.75) is 44.8 Å². The number of benzene rings is 1. The highest BCUT2D eigenvalue weighted by Crippen LogP contribution is 2.14. The molecule has 0 spiro atoms. The molecule has 0 unspecified atom stereocenters. The maximum absolute atomic E-state index is 5.94. The summed E-state index contributed by atoms with van der Waals surface area (Å²) in [5, 5.41) is 0. The largest absolute Gasteiger partial charge is 0.354 e. The summed E-state index contributed by atoms with van der Waals surface area (Å²) in [5.41, 5.74) is 1.20. The van der Waals surface area contributed by atoms with Crippen LogP contribution in [0.5, 0.6) is 0 Å². The molecule has 0 amide bonds. The Morgan fingerprint density at radius 1 is 1.30 bits per heavy atom. The van der Waals surface area contributed by atoms with Gasteiger partial charge in [-0.25, -0.2) is 0 Å². The van der Waals surface area contributed by atoms with Gasteiger partial charge >= 0.3 is 0 Å². The van der Waals surface area contributed by atoms with E-state index < -0.39 is 0 Å². The summed E-state index contributed by atoms with van der Waals surface area (Å²) in [6.45, 7) is 2.18. The van der Waals surface area contributed by atoms with Crippen molar-refractivity contribution in [3.05, 3.63) is 54.1 Å². The van der Waals surface area contributed by atoms with E-state index in [-0.39, 0.29) is 12.2 Å². The third-order valence-electron chi connectivity index (χ3n) is 3.20. The smallest absolute Gasteiger partial charge is 0.137 e. The van der Waals surface area contributed by atoms with Gasteiger partial charge in [0.15, 0.2) is 0 Å². The predicted molar refractivity (Wildman–Crippen MR) is 85.2 cm³/mol. The molecule has 0 radical (unpaired) electrons. The third-order valence-corrected chi connectivity index (χ3v) is 3.20. The summed E-state index contributed by atoms with van der Waals surface area (Å²) < 4.78 is 5.94. The van der Waals surface area contributed by atoms with Crippen LogP contribution in [0.1, 0.15) is 38.2 Å². The van der Waals surface area contributed by atoms with Crippen molar-refractivity contribution in [2.75, 3.05) is 0 Å². The highest BCUT2D eigenvalue weighted by Gasteiger charge is 2.13. The second-order valence-electron chi connectivity index (χ2n) is 4.95. The minimum Gasteiger partial charge on any atom is -0.354 e. The second kappa shape index (κ2) is 8.40. The van der Waals surface area contributed by atoms with Gasteiger partial charge in [0.2, 0.25) is 0 Å². The first-order valence-corrected chi connectivity index (χ1v) is 7.42. The van der Waals surface area contributed by atoms with E-state index in [4.69, 9.17) is 4.74 Å². The molecule has 0 bridgehead atoms. The lowest BCUT2D eigenvalue weighted by molar-refractivity contribution is 0.0659. The Labute approximate surface area is 122 Å². The Kier molecular flexibility index (Phi) is 6.14. The average Bonchev–Trinajstić information content (AvgIpc) is 2.51. The lowest BCUT2D eigenvalue weighted by atomic mass is 10.1. The van der Waals surface area contributed by atoms with E-state index in [1.54, 1.807) is 0 Å². The lowest BCUT2D eigenvalue weighted by Gasteiger charge is -2.20. The van der Waals surface area contributed by atoms with E-state index in [9.17, 15) is 0 Å². The molecule has 0 aliphatic carbocycles. The van der Waals surface area contributed by atoms with Crippen molar-refractivity contribution >= 4 is 6.08 Å². The molecule has 0 saturated heterocycles. The number of hydrogen-bond donors (Lipinski definition) is 0. The van der Waals surface area contributed by atoms with E-state index in [2.05, 4.69) is 55.2 Å². The van der Waals surface area contributed by atoms with Crippen molar-refractivity contribution in [2.24, 2.45) is 0 Å². The summed E-state index contributed by atoms with van der Waals surface area (Å²) in [6.07, 6.45) is 12.8. The van der Waals surface area contributed by atoms with Gasteiger partial charge in [-0.05, 0) is 24.5 Å². The number of ether oxygens (including phenoxy) is 1. The van der Waals surface area contributed by atoms with Gasteiger partial charge < -0.3 is 4.74 Å². The van der Waals surface area contributed by atoms with Crippen LogP contribution >= 0.6 is 0 Å². The standard InChI is InChI=1S/C19H22O/c1-2-3-4-8-12-18-13-9-14-19(20-18)16-15-17-10-6-5-7-11-17/h5-7,9-11,13,15-16,18-19H,2-4,14H2,1H3/b16-15+/t18-,19+/m0/s1. The van der Waals surface area contributed by atoms with Crippen LogP contribution in [0.15, 0.2) is 48.6 Å². The fourth-order valence-electron chi connectivity index (χ4n) is 2.05. The minimum absolute atomic E-state index is 0.0500. The van der Waals surface area contributed by atoms with Crippen molar-refractivity contribution < 1.29 is 4.74 Å². The second-order valence-corrected chi connectivity index (χ2v) is 4.95. The van der Waals surface area contributed by atoms with Gasteiger partial charge in [-0.15, -0.1) is 5.92 Å². The fraction of sp³-hybridized carbons (Fsp3) is 0.368. The molecule has 2 rings (SSSR count). The lowest BCUT2D eigenvalue weighted by Crippen LogP contribution is -2.20. The van der Waals surface area contributed by atoms with Gasteiger partial charge in [0, 0.05) is 6.42 Å². The first kappa shape index (κ1) is 14.6. The van der Waals surface area contributed by atoms with Crippen LogP contribution in [0.4, 0.5) is 0 Å². The average molecular weight is 266 g/mol. The zero-order chi connectivity index (χ0) is 14.0. The Morgan fingerprint density at radius 2 is 2.15 bits per heavy atom. The van der Waals surface area contributed by atoms with Gasteiger partial charge in [-0.3, -0.25) is 0 Å². The van der Waals surface area contributed by atoms with E-state index in [0.717, 1.165) is 12.8 Å². The summed E-state index contributed by atoms with van der Waals surface area (Å²) >= 11 is 0. The van der Waals surface area contributed by atoms with Crippen LogP contribution in [-0.4, -0.2) is 12.2 Å². The van der Waals surface area contributed by atoms with Gasteiger partial charge in [0.25, 0.3) is 0 Å². The quantitative estimate of drug-likeness (QED) is 0.439. The molecule has 1 aliphatic rings. The zero-order valence-electron chi connectivity index (χ0n) is 12.1. The van der Waals surface area contributed by atoms with Gasteiger partial charge in [0.1, 0.15) is 6.10 Å². The van der Waals surface area contributed by atoms with E-state index in [1.807, 2.05) is 18.2 Å². The van der Waals surface area contributed by atoms with Crippen LogP contribution in [0.2, 0.25) is 0 Å². The predicted octanol–water partition coefficient (Wildman–Crippen LogP) is 4.61. The van der Waals surface area contributed by atoms with Crippen LogP contribution in [-0.2, 0) is 4.74 Å². The summed E-state index contributed by atoms with van der Waals surface area (Å²) in [5.74, 6) is 6.39. The monoisotopic (exact) mass is 266 g/mol. The first-order valence-electron chi connectivity index (χ1n) is 7.42. The maximum Gasteiger partial charge on any atom is 0.137 e. The SMILES string of the molecule is CCCCC#C[C@H]1C=CC[C@H](/C=C/c2ccccc2)O1. The molecular formula is C19H22O. The molecule has 0 saturated carbocycles. The van der Waals surface area contributed by atoms with Crippen molar-refractivity contribution in [1.29, 1.82) is 0 Å². The molecule has 1 aliphatic heterocycles. The van der Waals surface area contributed by atoms with E-state index in [1.165, 1.54) is 18.4 Å². The van der Waals surface area contributed by atoms with E-state index in [0.29, 0.717) is 0 Å². The molecule has 0 fully saturated rings.